The van der Waals surface area contributed by atoms with E-state index in [1.807, 2.05) is 0 Å². The van der Waals surface area contributed by atoms with Crippen molar-refractivity contribution >= 4 is 5.96 Å². The van der Waals surface area contributed by atoms with Crippen molar-refractivity contribution in [1.29, 1.82) is 0 Å². The summed E-state index contributed by atoms with van der Waals surface area (Å²) < 4.78 is 5.66. The molecule has 1 aliphatic carbocycles. The average molecular weight is 225 g/mol. The summed E-state index contributed by atoms with van der Waals surface area (Å²) in [4.78, 5) is 4.56. The smallest absolute Gasteiger partial charge is 0.189 e. The van der Waals surface area contributed by atoms with Gasteiger partial charge in [0.2, 0.25) is 0 Å². The van der Waals surface area contributed by atoms with Crippen LogP contribution < -0.4 is 11.1 Å². The highest BCUT2D eigenvalue weighted by Gasteiger charge is 2.43. The van der Waals surface area contributed by atoms with Crippen molar-refractivity contribution in [2.45, 2.75) is 57.7 Å². The first-order valence-electron chi connectivity index (χ1n) is 6.19. The summed E-state index contributed by atoms with van der Waals surface area (Å²) in [5.41, 5.74) is 5.88. The van der Waals surface area contributed by atoms with Crippen molar-refractivity contribution in [2.75, 3.05) is 6.61 Å². The van der Waals surface area contributed by atoms with Gasteiger partial charge in [-0.2, -0.15) is 0 Å². The molecule has 0 aromatic rings. The molecule has 0 radical (unpaired) electrons. The molecule has 3 atom stereocenters. The van der Waals surface area contributed by atoms with Crippen LogP contribution in [-0.2, 0) is 4.74 Å². The first kappa shape index (κ1) is 11.7. The lowest BCUT2D eigenvalue weighted by Crippen LogP contribution is -2.52. The topological polar surface area (TPSA) is 59.6 Å². The molecule has 92 valence electrons. The Morgan fingerprint density at radius 1 is 1.44 bits per heavy atom. The lowest BCUT2D eigenvalue weighted by molar-refractivity contribution is -0.0938. The van der Waals surface area contributed by atoms with E-state index in [4.69, 9.17) is 10.5 Å². The molecule has 2 aliphatic rings. The quantitative estimate of drug-likeness (QED) is 0.521. The molecule has 0 aromatic carbocycles. The van der Waals surface area contributed by atoms with E-state index in [1.54, 1.807) is 0 Å². The zero-order valence-electron chi connectivity index (χ0n) is 10.5. The molecule has 1 aliphatic heterocycles. The summed E-state index contributed by atoms with van der Waals surface area (Å²) in [6.45, 7) is 7.18. The zero-order valence-corrected chi connectivity index (χ0v) is 10.5. The van der Waals surface area contributed by atoms with Crippen LogP contribution in [0.2, 0.25) is 0 Å². The van der Waals surface area contributed by atoms with Crippen molar-refractivity contribution < 1.29 is 4.74 Å². The average Bonchev–Trinajstić information content (AvgIpc) is 2.11. The Balaban J connectivity index is 1.88. The molecule has 2 fully saturated rings. The lowest BCUT2D eigenvalue weighted by Gasteiger charge is -2.45. The van der Waals surface area contributed by atoms with Gasteiger partial charge in [0, 0.05) is 18.1 Å². The van der Waals surface area contributed by atoms with Crippen molar-refractivity contribution in [1.82, 2.24) is 5.32 Å². The zero-order chi connectivity index (χ0) is 11.8. The Morgan fingerprint density at radius 3 is 2.81 bits per heavy atom. The molecule has 0 spiro atoms. The third kappa shape index (κ3) is 2.67. The Hall–Kier alpha value is -0.770. The van der Waals surface area contributed by atoms with Crippen LogP contribution in [0.1, 0.15) is 40.0 Å². The van der Waals surface area contributed by atoms with Gasteiger partial charge in [-0.05, 0) is 40.0 Å². The number of aliphatic imine (C=N–C) groups is 1. The van der Waals surface area contributed by atoms with E-state index in [9.17, 15) is 0 Å². The third-order valence-electron chi connectivity index (χ3n) is 3.27. The second-order valence-electron chi connectivity index (χ2n) is 5.91. The molecular formula is C12H23N3O. The maximum Gasteiger partial charge on any atom is 0.189 e. The van der Waals surface area contributed by atoms with E-state index in [2.05, 4.69) is 31.1 Å². The van der Waals surface area contributed by atoms with Gasteiger partial charge < -0.3 is 15.8 Å². The summed E-state index contributed by atoms with van der Waals surface area (Å²) in [6.07, 6.45) is 3.89. The van der Waals surface area contributed by atoms with Gasteiger partial charge >= 0.3 is 0 Å². The fourth-order valence-electron chi connectivity index (χ4n) is 2.51. The number of hydrogen-bond donors (Lipinski definition) is 2. The second-order valence-corrected chi connectivity index (χ2v) is 5.91. The highest BCUT2D eigenvalue weighted by Crippen LogP contribution is 2.39. The van der Waals surface area contributed by atoms with E-state index in [-0.39, 0.29) is 5.54 Å². The third-order valence-corrected chi connectivity index (χ3v) is 3.27. The predicted molar refractivity (Wildman–Crippen MR) is 65.4 cm³/mol. The van der Waals surface area contributed by atoms with Crippen LogP contribution in [-0.4, -0.2) is 30.3 Å². The molecule has 1 saturated heterocycles. The number of ether oxygens (including phenoxy) is 1. The Labute approximate surface area is 97.6 Å². The Bertz CT molecular complexity index is 282. The molecule has 1 saturated carbocycles. The van der Waals surface area contributed by atoms with Gasteiger partial charge in [0.1, 0.15) is 0 Å². The van der Waals surface area contributed by atoms with Crippen LogP contribution in [0.5, 0.6) is 0 Å². The maximum absolute atomic E-state index is 5.89. The largest absolute Gasteiger partial charge is 0.378 e. The van der Waals surface area contributed by atoms with Crippen molar-refractivity contribution in [2.24, 2.45) is 16.6 Å². The molecule has 1 heterocycles. The van der Waals surface area contributed by atoms with Crippen LogP contribution in [0.3, 0.4) is 0 Å². The monoisotopic (exact) mass is 225 g/mol. The standard InChI is InChI=1S/C12H23N3O/c1-12(2,3)15-11(13)14-9-7-10-8(9)5-4-6-16-10/h8-10H,4-7H2,1-3H3,(H3,13,14,15). The minimum atomic E-state index is -0.0141. The second kappa shape index (κ2) is 4.24. The van der Waals surface area contributed by atoms with Crippen LogP contribution in [0.25, 0.3) is 0 Å². The van der Waals surface area contributed by atoms with E-state index >= 15 is 0 Å². The highest BCUT2D eigenvalue weighted by molar-refractivity contribution is 5.78. The Morgan fingerprint density at radius 2 is 2.19 bits per heavy atom. The fraction of sp³-hybridized carbons (Fsp3) is 0.917. The molecule has 0 amide bonds. The van der Waals surface area contributed by atoms with Gasteiger partial charge in [0.05, 0.1) is 12.1 Å². The molecule has 16 heavy (non-hydrogen) atoms. The van der Waals surface area contributed by atoms with E-state index in [1.165, 1.54) is 12.8 Å². The Kier molecular flexibility index (Phi) is 3.10. The van der Waals surface area contributed by atoms with Crippen LogP contribution in [0, 0.1) is 5.92 Å². The summed E-state index contributed by atoms with van der Waals surface area (Å²) in [6, 6.07) is 0.375. The number of nitrogens with zero attached hydrogens (tertiary/aromatic N) is 1. The molecule has 3 N–H and O–H groups in total. The van der Waals surface area contributed by atoms with Gasteiger partial charge in [-0.3, -0.25) is 0 Å². The molecule has 0 bridgehead atoms. The summed E-state index contributed by atoms with van der Waals surface area (Å²) >= 11 is 0. The molecule has 4 nitrogen and oxygen atoms in total. The van der Waals surface area contributed by atoms with E-state index in [0.29, 0.717) is 24.0 Å². The first-order chi connectivity index (χ1) is 7.46. The van der Waals surface area contributed by atoms with Gasteiger partial charge in [-0.1, -0.05) is 0 Å². The lowest BCUT2D eigenvalue weighted by atomic mass is 9.73. The van der Waals surface area contributed by atoms with Crippen LogP contribution in [0.4, 0.5) is 0 Å². The number of nitrogens with two attached hydrogens (primary N) is 1. The summed E-state index contributed by atoms with van der Waals surface area (Å²) in [5, 5.41) is 3.20. The van der Waals surface area contributed by atoms with Crippen LogP contribution >= 0.6 is 0 Å². The summed E-state index contributed by atoms with van der Waals surface area (Å²) in [7, 11) is 0. The first-order valence-corrected chi connectivity index (χ1v) is 6.19. The minimum absolute atomic E-state index is 0.0141. The minimum Gasteiger partial charge on any atom is -0.378 e. The van der Waals surface area contributed by atoms with Gasteiger partial charge in [0.25, 0.3) is 0 Å². The van der Waals surface area contributed by atoms with Crippen molar-refractivity contribution in [3.8, 4) is 0 Å². The van der Waals surface area contributed by atoms with Gasteiger partial charge in [-0.25, -0.2) is 4.99 Å². The fourth-order valence-corrected chi connectivity index (χ4v) is 2.51. The predicted octanol–water partition coefficient (Wildman–Crippen LogP) is 1.26. The number of guanidine groups is 1. The number of hydrogen-bond acceptors (Lipinski definition) is 2. The van der Waals surface area contributed by atoms with Crippen LogP contribution in [0.15, 0.2) is 4.99 Å². The number of fused-ring (bicyclic) bond motifs is 1. The normalized spacial score (nSPS) is 35.2. The molecule has 0 aromatic heterocycles. The van der Waals surface area contributed by atoms with E-state index in [0.717, 1.165) is 13.0 Å². The molecule has 4 heteroatoms. The van der Waals surface area contributed by atoms with Crippen molar-refractivity contribution in [3.63, 3.8) is 0 Å². The number of rotatable bonds is 1. The molecule has 2 rings (SSSR count). The molecule has 3 unspecified atom stereocenters. The van der Waals surface area contributed by atoms with E-state index < -0.39 is 0 Å². The summed E-state index contributed by atoms with van der Waals surface area (Å²) in [5.74, 6) is 1.18. The number of nitrogens with one attached hydrogen (secondary N) is 1. The maximum atomic E-state index is 5.89. The molecular weight excluding hydrogens is 202 g/mol. The van der Waals surface area contributed by atoms with Crippen molar-refractivity contribution in [3.05, 3.63) is 0 Å². The highest BCUT2D eigenvalue weighted by atomic mass is 16.5. The SMILES string of the molecule is CC(C)(C)NC(N)=NC1CC2OCCCC12. The van der Waals surface area contributed by atoms with Gasteiger partial charge in [-0.15, -0.1) is 0 Å². The van der Waals surface area contributed by atoms with Gasteiger partial charge in [0.15, 0.2) is 5.96 Å².